The summed E-state index contributed by atoms with van der Waals surface area (Å²) in [7, 11) is 0. The Morgan fingerprint density at radius 3 is 2.69 bits per heavy atom. The lowest BCUT2D eigenvalue weighted by atomic mass is 10.00. The smallest absolute Gasteiger partial charge is 0.258 e. The van der Waals surface area contributed by atoms with Gasteiger partial charge in [0.25, 0.3) is 5.69 Å². The van der Waals surface area contributed by atoms with Gasteiger partial charge >= 0.3 is 0 Å². The van der Waals surface area contributed by atoms with E-state index < -0.39 is 10.5 Å². The van der Waals surface area contributed by atoms with Crippen LogP contribution in [0.4, 0.5) is 5.69 Å². The first-order valence-corrected chi connectivity index (χ1v) is 4.94. The molecule has 0 radical (unpaired) electrons. The minimum absolute atomic E-state index is 0.0685. The summed E-state index contributed by atoms with van der Waals surface area (Å²) >= 11 is 0. The van der Waals surface area contributed by atoms with Crippen molar-refractivity contribution in [3.05, 3.63) is 39.4 Å². The highest BCUT2D eigenvalue weighted by atomic mass is 16.6. The van der Waals surface area contributed by atoms with Crippen LogP contribution in [0.1, 0.15) is 24.0 Å². The molecule has 0 spiro atoms. The van der Waals surface area contributed by atoms with Crippen molar-refractivity contribution in [3.63, 3.8) is 0 Å². The van der Waals surface area contributed by atoms with Crippen LogP contribution in [-0.2, 0) is 10.3 Å². The van der Waals surface area contributed by atoms with Gasteiger partial charge in [-0.2, -0.15) is 4.99 Å². The maximum atomic E-state index is 11.0. The molecule has 1 saturated carbocycles. The van der Waals surface area contributed by atoms with Gasteiger partial charge < -0.3 is 0 Å². The molecule has 0 aliphatic heterocycles. The van der Waals surface area contributed by atoms with Crippen molar-refractivity contribution in [1.29, 1.82) is 0 Å². The quantitative estimate of drug-likeness (QED) is 0.338. The van der Waals surface area contributed by atoms with E-state index in [-0.39, 0.29) is 5.69 Å². The SMILES string of the molecule is Cc1cccc(C2(N=C=O)CC2)c1[N+](=O)[O-]. The van der Waals surface area contributed by atoms with E-state index in [1.165, 1.54) is 6.08 Å². The topological polar surface area (TPSA) is 72.6 Å². The summed E-state index contributed by atoms with van der Waals surface area (Å²) in [6, 6.07) is 5.10. The van der Waals surface area contributed by atoms with Crippen molar-refractivity contribution in [1.82, 2.24) is 0 Å². The van der Waals surface area contributed by atoms with E-state index in [0.717, 1.165) is 0 Å². The number of hydrogen-bond acceptors (Lipinski definition) is 4. The van der Waals surface area contributed by atoms with Crippen molar-refractivity contribution in [2.24, 2.45) is 4.99 Å². The van der Waals surface area contributed by atoms with Gasteiger partial charge in [0, 0.05) is 5.56 Å². The molecule has 0 N–H and O–H groups in total. The van der Waals surface area contributed by atoms with Crippen LogP contribution in [0.25, 0.3) is 0 Å². The van der Waals surface area contributed by atoms with Crippen LogP contribution < -0.4 is 0 Å². The molecule has 5 heteroatoms. The summed E-state index contributed by atoms with van der Waals surface area (Å²) in [5.41, 5.74) is 0.505. The average molecular weight is 218 g/mol. The molecule has 0 unspecified atom stereocenters. The zero-order valence-corrected chi connectivity index (χ0v) is 8.77. The molecule has 1 aliphatic carbocycles. The van der Waals surface area contributed by atoms with Crippen LogP contribution in [-0.4, -0.2) is 11.0 Å². The molecule has 1 aromatic carbocycles. The van der Waals surface area contributed by atoms with Gasteiger partial charge in [0.2, 0.25) is 6.08 Å². The second-order valence-corrected chi connectivity index (χ2v) is 3.96. The molecule has 1 aromatic rings. The summed E-state index contributed by atoms with van der Waals surface area (Å²) in [6.07, 6.45) is 2.85. The number of aliphatic imine (C=N–C) groups is 1. The van der Waals surface area contributed by atoms with Crippen molar-refractivity contribution >= 4 is 11.8 Å². The summed E-state index contributed by atoms with van der Waals surface area (Å²) in [5, 5.41) is 11.0. The average Bonchev–Trinajstić information content (AvgIpc) is 2.98. The minimum Gasteiger partial charge on any atom is -0.258 e. The first-order valence-electron chi connectivity index (χ1n) is 4.94. The van der Waals surface area contributed by atoms with Gasteiger partial charge in [-0.3, -0.25) is 10.1 Å². The molecule has 5 nitrogen and oxygen atoms in total. The van der Waals surface area contributed by atoms with E-state index in [1.807, 2.05) is 0 Å². The number of nitrogens with zero attached hydrogens (tertiary/aromatic N) is 2. The van der Waals surface area contributed by atoms with Gasteiger partial charge in [0.15, 0.2) is 0 Å². The van der Waals surface area contributed by atoms with Gasteiger partial charge in [-0.05, 0) is 25.8 Å². The third-order valence-electron chi connectivity index (χ3n) is 2.90. The van der Waals surface area contributed by atoms with Gasteiger partial charge in [0.1, 0.15) is 5.54 Å². The summed E-state index contributed by atoms with van der Waals surface area (Å²) in [5.74, 6) is 0. The fourth-order valence-corrected chi connectivity index (χ4v) is 1.92. The minimum atomic E-state index is -0.684. The van der Waals surface area contributed by atoms with Crippen molar-refractivity contribution in [3.8, 4) is 0 Å². The number of nitro groups is 1. The molecule has 0 bridgehead atoms. The molecule has 1 fully saturated rings. The molecule has 0 aromatic heterocycles. The number of aryl methyl sites for hydroxylation is 1. The predicted molar refractivity (Wildman–Crippen MR) is 56.9 cm³/mol. The van der Waals surface area contributed by atoms with Gasteiger partial charge in [-0.15, -0.1) is 0 Å². The summed E-state index contributed by atoms with van der Waals surface area (Å²) in [4.78, 5) is 24.6. The van der Waals surface area contributed by atoms with Crippen molar-refractivity contribution in [2.75, 3.05) is 0 Å². The lowest BCUT2D eigenvalue weighted by Gasteiger charge is -2.09. The largest absolute Gasteiger partial charge is 0.277 e. The maximum Gasteiger partial charge on any atom is 0.277 e. The summed E-state index contributed by atoms with van der Waals surface area (Å²) < 4.78 is 0. The second-order valence-electron chi connectivity index (χ2n) is 3.96. The molecule has 2 rings (SSSR count). The number of rotatable bonds is 3. The Kier molecular flexibility index (Phi) is 2.33. The van der Waals surface area contributed by atoms with Crippen LogP contribution in [0.5, 0.6) is 0 Å². The molecule has 16 heavy (non-hydrogen) atoms. The Labute approximate surface area is 92.0 Å². The molecule has 0 atom stereocenters. The molecule has 82 valence electrons. The zero-order chi connectivity index (χ0) is 11.8. The number of hydrogen-bond donors (Lipinski definition) is 0. The molecular weight excluding hydrogens is 208 g/mol. The Hall–Kier alpha value is -2.00. The third kappa shape index (κ3) is 1.51. The lowest BCUT2D eigenvalue weighted by Crippen LogP contribution is -2.07. The van der Waals surface area contributed by atoms with E-state index in [1.54, 1.807) is 25.1 Å². The Balaban J connectivity index is 2.61. The molecule has 0 amide bonds. The monoisotopic (exact) mass is 218 g/mol. The number of isocyanates is 1. The highest BCUT2D eigenvalue weighted by molar-refractivity contribution is 5.54. The molecular formula is C11H10N2O3. The van der Waals surface area contributed by atoms with E-state index in [4.69, 9.17) is 0 Å². The fraction of sp³-hybridized carbons (Fsp3) is 0.364. The van der Waals surface area contributed by atoms with E-state index in [9.17, 15) is 14.9 Å². The maximum absolute atomic E-state index is 11.0. The lowest BCUT2D eigenvalue weighted by molar-refractivity contribution is -0.386. The highest BCUT2D eigenvalue weighted by Gasteiger charge is 2.49. The number of carbonyl (C=O) groups excluding carboxylic acids is 1. The number of nitro benzene ring substituents is 1. The van der Waals surface area contributed by atoms with Crippen LogP contribution in [0.15, 0.2) is 23.2 Å². The Morgan fingerprint density at radius 2 is 2.19 bits per heavy atom. The molecule has 0 heterocycles. The van der Waals surface area contributed by atoms with Crippen molar-refractivity contribution in [2.45, 2.75) is 25.3 Å². The zero-order valence-electron chi connectivity index (χ0n) is 8.77. The van der Waals surface area contributed by atoms with Crippen LogP contribution in [0, 0.1) is 17.0 Å². The molecule has 0 saturated heterocycles. The van der Waals surface area contributed by atoms with E-state index in [2.05, 4.69) is 4.99 Å². The summed E-state index contributed by atoms with van der Waals surface area (Å²) in [6.45, 7) is 1.68. The molecule has 1 aliphatic rings. The predicted octanol–water partition coefficient (Wildman–Crippen LogP) is 2.23. The normalized spacial score (nSPS) is 16.3. The Bertz CT molecular complexity index is 500. The van der Waals surface area contributed by atoms with Crippen LogP contribution >= 0.6 is 0 Å². The first kappa shape index (κ1) is 10.5. The number of para-hydroxylation sites is 1. The van der Waals surface area contributed by atoms with Crippen LogP contribution in [0.3, 0.4) is 0 Å². The number of benzene rings is 1. The third-order valence-corrected chi connectivity index (χ3v) is 2.90. The van der Waals surface area contributed by atoms with Gasteiger partial charge in [-0.1, -0.05) is 12.1 Å². The van der Waals surface area contributed by atoms with E-state index >= 15 is 0 Å². The van der Waals surface area contributed by atoms with Crippen molar-refractivity contribution < 1.29 is 9.72 Å². The van der Waals surface area contributed by atoms with Crippen LogP contribution in [0.2, 0.25) is 0 Å². The second kappa shape index (κ2) is 3.54. The van der Waals surface area contributed by atoms with Gasteiger partial charge in [-0.25, -0.2) is 4.79 Å². The van der Waals surface area contributed by atoms with E-state index in [0.29, 0.717) is 24.0 Å². The Morgan fingerprint density at radius 1 is 1.50 bits per heavy atom. The highest BCUT2D eigenvalue weighted by Crippen LogP contribution is 2.52. The first-order chi connectivity index (χ1) is 7.60. The standard InChI is InChI=1S/C11H10N2O3/c1-8-3-2-4-9(10(8)13(15)16)11(5-6-11)12-7-14/h2-4H,5-6H2,1H3. The fourth-order valence-electron chi connectivity index (χ4n) is 1.92. The van der Waals surface area contributed by atoms with Gasteiger partial charge in [0.05, 0.1) is 10.5 Å².